The van der Waals surface area contributed by atoms with Gasteiger partial charge >= 0.3 is 5.97 Å². The number of esters is 1. The summed E-state index contributed by atoms with van der Waals surface area (Å²) in [6.07, 6.45) is -0.274. The summed E-state index contributed by atoms with van der Waals surface area (Å²) >= 11 is 0. The van der Waals surface area contributed by atoms with Crippen LogP contribution in [0.2, 0.25) is 0 Å². The summed E-state index contributed by atoms with van der Waals surface area (Å²) in [5.74, 6) is -0.967. The number of hydrogen-bond acceptors (Lipinski definition) is 5. The van der Waals surface area contributed by atoms with E-state index in [2.05, 4.69) is 4.74 Å². The van der Waals surface area contributed by atoms with Gasteiger partial charge in [0.05, 0.1) is 25.7 Å². The Labute approximate surface area is 94.7 Å². The maximum Gasteiger partial charge on any atom is 0.305 e. The van der Waals surface area contributed by atoms with E-state index in [4.69, 9.17) is 9.47 Å². The number of methoxy groups -OCH3 is 1. The van der Waals surface area contributed by atoms with Crippen LogP contribution in [0.3, 0.4) is 0 Å². The lowest BCUT2D eigenvalue weighted by molar-refractivity contribution is -0.168. The molecule has 0 aromatic rings. The number of aliphatic hydroxyl groups excluding tert-OH is 1. The van der Waals surface area contributed by atoms with Crippen LogP contribution in [0.15, 0.2) is 0 Å². The van der Waals surface area contributed by atoms with E-state index in [1.165, 1.54) is 7.11 Å². The monoisotopic (exact) mass is 230 g/mol. The predicted molar refractivity (Wildman–Crippen MR) is 54.6 cm³/mol. The summed E-state index contributed by atoms with van der Waals surface area (Å²) in [6, 6.07) is 0. The molecule has 4 atom stereocenters. The third-order valence-electron chi connectivity index (χ3n) is 3.21. The molecule has 2 fully saturated rings. The minimum absolute atomic E-state index is 0.0192. The van der Waals surface area contributed by atoms with Gasteiger partial charge in [0, 0.05) is 5.92 Å². The topological polar surface area (TPSA) is 65.0 Å². The van der Waals surface area contributed by atoms with Gasteiger partial charge in [-0.25, -0.2) is 0 Å². The number of carbonyl (C=O) groups excluding carboxylic acids is 1. The van der Waals surface area contributed by atoms with Gasteiger partial charge < -0.3 is 19.3 Å². The van der Waals surface area contributed by atoms with Crippen molar-refractivity contribution in [3.63, 3.8) is 0 Å². The minimum atomic E-state index is -0.675. The zero-order valence-electron chi connectivity index (χ0n) is 9.80. The lowest BCUT2D eigenvalue weighted by Gasteiger charge is -2.21. The van der Waals surface area contributed by atoms with E-state index in [9.17, 15) is 9.90 Å². The van der Waals surface area contributed by atoms with E-state index in [1.54, 1.807) is 0 Å². The third kappa shape index (κ3) is 2.07. The smallest absolute Gasteiger partial charge is 0.305 e. The van der Waals surface area contributed by atoms with Crippen LogP contribution in [0.4, 0.5) is 0 Å². The Morgan fingerprint density at radius 1 is 1.44 bits per heavy atom. The van der Waals surface area contributed by atoms with E-state index in [0.717, 1.165) is 0 Å². The molecule has 0 radical (unpaired) electrons. The van der Waals surface area contributed by atoms with Gasteiger partial charge in [-0.3, -0.25) is 4.79 Å². The van der Waals surface area contributed by atoms with Crippen molar-refractivity contribution in [3.05, 3.63) is 0 Å². The molecule has 0 aromatic heterocycles. The molecule has 0 aromatic carbocycles. The predicted octanol–water partition coefficient (Wildman–Crippen LogP) is 0.450. The Morgan fingerprint density at radius 3 is 2.69 bits per heavy atom. The van der Waals surface area contributed by atoms with Crippen LogP contribution in [0, 0.1) is 5.92 Å². The highest BCUT2D eigenvalue weighted by atomic mass is 16.8. The summed E-state index contributed by atoms with van der Waals surface area (Å²) in [7, 11) is 1.36. The van der Waals surface area contributed by atoms with Crippen LogP contribution in [-0.4, -0.2) is 42.3 Å². The van der Waals surface area contributed by atoms with Gasteiger partial charge in [-0.2, -0.15) is 0 Å². The number of aliphatic hydroxyl groups is 1. The third-order valence-corrected chi connectivity index (χ3v) is 3.21. The average molecular weight is 230 g/mol. The molecule has 5 heteroatoms. The zero-order valence-corrected chi connectivity index (χ0v) is 9.80. The zero-order chi connectivity index (χ0) is 11.9. The normalized spacial score (nSPS) is 40.8. The molecule has 0 bridgehead atoms. The van der Waals surface area contributed by atoms with Crippen molar-refractivity contribution in [1.82, 2.24) is 0 Å². The molecule has 0 amide bonds. The summed E-state index contributed by atoms with van der Waals surface area (Å²) < 4.78 is 15.9. The van der Waals surface area contributed by atoms with E-state index < -0.39 is 11.9 Å². The number of fused-ring (bicyclic) bond motifs is 1. The molecular formula is C11H18O5. The molecule has 1 saturated heterocycles. The lowest BCUT2D eigenvalue weighted by atomic mass is 10.0. The van der Waals surface area contributed by atoms with Crippen LogP contribution in [-0.2, 0) is 19.0 Å². The Hall–Kier alpha value is -0.650. The fourth-order valence-electron chi connectivity index (χ4n) is 2.55. The maximum atomic E-state index is 11.2. The van der Waals surface area contributed by atoms with Crippen LogP contribution in [0.1, 0.15) is 26.7 Å². The summed E-state index contributed by atoms with van der Waals surface area (Å²) in [5.41, 5.74) is 0. The molecule has 0 spiro atoms. The molecule has 2 rings (SSSR count). The average Bonchev–Trinajstić information content (AvgIpc) is 2.64. The number of ether oxygens (including phenoxy) is 3. The molecule has 0 unspecified atom stereocenters. The maximum absolute atomic E-state index is 11.2. The van der Waals surface area contributed by atoms with Gasteiger partial charge in [0.15, 0.2) is 5.79 Å². The lowest BCUT2D eigenvalue weighted by Crippen LogP contribution is -2.28. The molecule has 1 aliphatic carbocycles. The van der Waals surface area contributed by atoms with Crippen LogP contribution >= 0.6 is 0 Å². The second-order valence-electron chi connectivity index (χ2n) is 4.91. The second kappa shape index (κ2) is 3.98. The van der Waals surface area contributed by atoms with Gasteiger partial charge in [0.2, 0.25) is 0 Å². The Kier molecular flexibility index (Phi) is 2.94. The number of hydrogen-bond donors (Lipinski definition) is 1. The first-order valence-corrected chi connectivity index (χ1v) is 5.53. The largest absolute Gasteiger partial charge is 0.469 e. The van der Waals surface area contributed by atoms with Gasteiger partial charge in [-0.05, 0) is 20.3 Å². The molecule has 2 aliphatic rings. The fraction of sp³-hybridized carbons (Fsp3) is 0.909. The minimum Gasteiger partial charge on any atom is -0.469 e. The summed E-state index contributed by atoms with van der Waals surface area (Å²) in [4.78, 5) is 11.2. The Balaban J connectivity index is 2.04. The van der Waals surface area contributed by atoms with Crippen molar-refractivity contribution < 1.29 is 24.1 Å². The summed E-state index contributed by atoms with van der Waals surface area (Å²) in [6.45, 7) is 3.63. The Morgan fingerprint density at radius 2 is 2.06 bits per heavy atom. The number of carbonyl (C=O) groups is 1. The standard InChI is InChI=1S/C11H18O5/c1-11(2)15-9-6(5-8(13)14-3)4-7(12)10(9)16-11/h6-7,9-10,12H,4-5H2,1-3H3/t6-,7-,9+,10-/m1/s1. The van der Waals surface area contributed by atoms with Crippen LogP contribution in [0.25, 0.3) is 0 Å². The first kappa shape index (κ1) is 11.8. The van der Waals surface area contributed by atoms with Crippen molar-refractivity contribution >= 4 is 5.97 Å². The molecule has 16 heavy (non-hydrogen) atoms. The van der Waals surface area contributed by atoms with Crippen molar-refractivity contribution in [2.75, 3.05) is 7.11 Å². The van der Waals surface area contributed by atoms with Crippen molar-refractivity contribution in [1.29, 1.82) is 0 Å². The van der Waals surface area contributed by atoms with E-state index in [0.29, 0.717) is 6.42 Å². The highest BCUT2D eigenvalue weighted by Gasteiger charge is 2.53. The van der Waals surface area contributed by atoms with E-state index >= 15 is 0 Å². The first-order chi connectivity index (χ1) is 7.43. The first-order valence-electron chi connectivity index (χ1n) is 5.53. The van der Waals surface area contributed by atoms with E-state index in [-0.39, 0.29) is 30.5 Å². The highest BCUT2D eigenvalue weighted by Crippen LogP contribution is 2.42. The van der Waals surface area contributed by atoms with Gasteiger partial charge in [0.25, 0.3) is 0 Å². The highest BCUT2D eigenvalue weighted by molar-refractivity contribution is 5.69. The van der Waals surface area contributed by atoms with Crippen LogP contribution in [0.5, 0.6) is 0 Å². The quantitative estimate of drug-likeness (QED) is 0.698. The molecular weight excluding hydrogens is 212 g/mol. The molecule has 1 aliphatic heterocycles. The van der Waals surface area contributed by atoms with Crippen molar-refractivity contribution in [2.45, 2.75) is 50.8 Å². The molecule has 1 saturated carbocycles. The Bertz CT molecular complexity index is 288. The van der Waals surface area contributed by atoms with Crippen molar-refractivity contribution in [2.24, 2.45) is 5.92 Å². The van der Waals surface area contributed by atoms with Crippen molar-refractivity contribution in [3.8, 4) is 0 Å². The SMILES string of the molecule is COC(=O)C[C@H]1C[C@@H](O)[C@H]2OC(C)(C)O[C@@H]12. The fourth-order valence-corrected chi connectivity index (χ4v) is 2.55. The van der Waals surface area contributed by atoms with Crippen LogP contribution < -0.4 is 0 Å². The number of rotatable bonds is 2. The van der Waals surface area contributed by atoms with E-state index in [1.807, 2.05) is 13.8 Å². The molecule has 1 N–H and O–H groups in total. The summed E-state index contributed by atoms with van der Waals surface area (Å²) in [5, 5.41) is 9.83. The second-order valence-corrected chi connectivity index (χ2v) is 4.91. The van der Waals surface area contributed by atoms with Gasteiger partial charge in [0.1, 0.15) is 6.10 Å². The van der Waals surface area contributed by atoms with Gasteiger partial charge in [-0.15, -0.1) is 0 Å². The van der Waals surface area contributed by atoms with Gasteiger partial charge in [-0.1, -0.05) is 0 Å². The molecule has 92 valence electrons. The molecule has 5 nitrogen and oxygen atoms in total. The molecule has 1 heterocycles.